The number of hydrogen-bond acceptors (Lipinski definition) is 1. The molecule has 0 aliphatic heterocycles. The van der Waals surface area contributed by atoms with E-state index in [1.807, 2.05) is 0 Å². The van der Waals surface area contributed by atoms with E-state index < -0.39 is 12.4 Å². The van der Waals surface area contributed by atoms with Gasteiger partial charge in [-0.2, -0.15) is 0 Å². The van der Waals surface area contributed by atoms with Crippen molar-refractivity contribution >= 4 is 21.9 Å². The molecule has 0 aliphatic carbocycles. The molecule has 0 aliphatic rings. The lowest BCUT2D eigenvalue weighted by Gasteiger charge is -2.09. The molecule has 0 spiro atoms. The van der Waals surface area contributed by atoms with Crippen LogP contribution < -0.4 is 0 Å². The van der Waals surface area contributed by atoms with Crippen LogP contribution in [0.3, 0.4) is 0 Å². The molecule has 0 saturated heterocycles. The zero-order chi connectivity index (χ0) is 10.9. The Hall–Kier alpha value is -0.970. The maximum Gasteiger partial charge on any atom is 0.335 e. The summed E-state index contributed by atoms with van der Waals surface area (Å²) in [6.45, 7) is 1.37. The first-order valence-electron chi connectivity index (χ1n) is 3.75. The minimum atomic E-state index is -2.68. The number of alkyl halides is 2. The number of benzene rings is 1. The first-order chi connectivity index (χ1) is 6.45. The van der Waals surface area contributed by atoms with Crippen molar-refractivity contribution in [3.8, 4) is 0 Å². The summed E-state index contributed by atoms with van der Waals surface area (Å²) in [6.07, 6.45) is -2.68. The van der Waals surface area contributed by atoms with Crippen molar-refractivity contribution < 1.29 is 18.7 Å². The number of carbonyl (C=O) groups is 1. The lowest BCUT2D eigenvalue weighted by Crippen LogP contribution is -2.03. The highest BCUT2D eigenvalue weighted by Gasteiger charge is 2.19. The van der Waals surface area contributed by atoms with Gasteiger partial charge in [0, 0.05) is 10.0 Å². The third-order valence-corrected chi connectivity index (χ3v) is 2.60. The fourth-order valence-corrected chi connectivity index (χ4v) is 1.80. The lowest BCUT2D eigenvalue weighted by molar-refractivity contribution is 0.0695. The van der Waals surface area contributed by atoms with Crippen LogP contribution in [0, 0.1) is 6.92 Å². The Kier molecular flexibility index (Phi) is 3.21. The topological polar surface area (TPSA) is 37.3 Å². The van der Waals surface area contributed by atoms with Gasteiger partial charge >= 0.3 is 5.97 Å². The van der Waals surface area contributed by atoms with Crippen molar-refractivity contribution in [2.75, 3.05) is 0 Å². The van der Waals surface area contributed by atoms with Crippen LogP contribution in [-0.4, -0.2) is 11.1 Å². The van der Waals surface area contributed by atoms with Gasteiger partial charge in [0.25, 0.3) is 6.43 Å². The van der Waals surface area contributed by atoms with E-state index in [0.29, 0.717) is 0 Å². The van der Waals surface area contributed by atoms with Crippen molar-refractivity contribution in [2.45, 2.75) is 13.3 Å². The molecule has 0 atom stereocenters. The van der Waals surface area contributed by atoms with Crippen molar-refractivity contribution in [2.24, 2.45) is 0 Å². The number of carboxylic acids is 1. The van der Waals surface area contributed by atoms with Gasteiger partial charge in [0.05, 0.1) is 5.56 Å². The summed E-state index contributed by atoms with van der Waals surface area (Å²) in [5, 5.41) is 8.70. The molecule has 0 aromatic heterocycles. The van der Waals surface area contributed by atoms with E-state index in [9.17, 15) is 13.6 Å². The highest BCUT2D eigenvalue weighted by Crippen LogP contribution is 2.32. The molecule has 0 heterocycles. The molecule has 1 N–H and O–H groups in total. The van der Waals surface area contributed by atoms with Gasteiger partial charge in [-0.05, 0) is 24.6 Å². The maximum atomic E-state index is 12.5. The van der Waals surface area contributed by atoms with Crippen LogP contribution in [0.2, 0.25) is 0 Å². The minimum Gasteiger partial charge on any atom is -0.478 e. The predicted octanol–water partition coefficient (Wildman–Crippen LogP) is 3.39. The van der Waals surface area contributed by atoms with Gasteiger partial charge in [0.1, 0.15) is 0 Å². The normalized spacial score (nSPS) is 10.6. The molecule has 14 heavy (non-hydrogen) atoms. The molecule has 1 aromatic carbocycles. The summed E-state index contributed by atoms with van der Waals surface area (Å²) in [6, 6.07) is 2.62. The van der Waals surface area contributed by atoms with Gasteiger partial charge in [-0.25, -0.2) is 13.6 Å². The zero-order valence-corrected chi connectivity index (χ0v) is 8.81. The smallest absolute Gasteiger partial charge is 0.335 e. The number of carboxylic acid groups (broad SMARTS) is 1. The number of halogens is 3. The summed E-state index contributed by atoms with van der Waals surface area (Å²) >= 11 is 2.96. The molecule has 0 fully saturated rings. The summed E-state index contributed by atoms with van der Waals surface area (Å²) in [5.74, 6) is -1.20. The van der Waals surface area contributed by atoms with E-state index in [1.165, 1.54) is 19.1 Å². The molecule has 5 heteroatoms. The van der Waals surface area contributed by atoms with Crippen LogP contribution in [-0.2, 0) is 0 Å². The molecule has 76 valence electrons. The standard InChI is InChI=1S/C9H7BrF2O2/c1-4-5(9(13)14)2-3-6(10)7(4)8(11)12/h2-3,8H,1H3,(H,13,14). The fourth-order valence-electron chi connectivity index (χ4n) is 1.20. The zero-order valence-electron chi connectivity index (χ0n) is 7.22. The highest BCUT2D eigenvalue weighted by atomic mass is 79.9. The van der Waals surface area contributed by atoms with Gasteiger partial charge in [0.15, 0.2) is 0 Å². The van der Waals surface area contributed by atoms with Crippen LogP contribution in [0.4, 0.5) is 8.78 Å². The second-order valence-electron chi connectivity index (χ2n) is 2.74. The minimum absolute atomic E-state index is 0.0940. The van der Waals surface area contributed by atoms with E-state index in [0.717, 1.165) is 0 Å². The summed E-state index contributed by atoms with van der Waals surface area (Å²) in [5.41, 5.74) is -0.254. The fraction of sp³-hybridized carbons (Fsp3) is 0.222. The molecule has 0 radical (unpaired) electrons. The molecule has 0 unspecified atom stereocenters. The number of rotatable bonds is 2. The number of hydrogen-bond donors (Lipinski definition) is 1. The molecular weight excluding hydrogens is 258 g/mol. The molecule has 0 amide bonds. The number of aromatic carboxylic acids is 1. The van der Waals surface area contributed by atoms with E-state index in [4.69, 9.17) is 5.11 Å². The highest BCUT2D eigenvalue weighted by molar-refractivity contribution is 9.10. The SMILES string of the molecule is Cc1c(C(=O)O)ccc(Br)c1C(F)F. The van der Waals surface area contributed by atoms with E-state index in [2.05, 4.69) is 15.9 Å². The van der Waals surface area contributed by atoms with Crippen molar-refractivity contribution in [1.29, 1.82) is 0 Å². The van der Waals surface area contributed by atoms with Crippen molar-refractivity contribution in [3.63, 3.8) is 0 Å². The van der Waals surface area contributed by atoms with E-state index >= 15 is 0 Å². The van der Waals surface area contributed by atoms with Crippen LogP contribution in [0.25, 0.3) is 0 Å². The van der Waals surface area contributed by atoms with Gasteiger partial charge < -0.3 is 5.11 Å². The van der Waals surface area contributed by atoms with Gasteiger partial charge in [-0.3, -0.25) is 0 Å². The van der Waals surface area contributed by atoms with E-state index in [-0.39, 0.29) is 21.2 Å². The molecule has 0 saturated carbocycles. The average Bonchev–Trinajstić information content (AvgIpc) is 2.02. The van der Waals surface area contributed by atoms with Crippen molar-refractivity contribution in [1.82, 2.24) is 0 Å². The lowest BCUT2D eigenvalue weighted by atomic mass is 10.0. The van der Waals surface area contributed by atoms with Gasteiger partial charge in [0.2, 0.25) is 0 Å². The first-order valence-corrected chi connectivity index (χ1v) is 4.55. The molecule has 2 nitrogen and oxygen atoms in total. The Balaban J connectivity index is 3.41. The van der Waals surface area contributed by atoms with Crippen LogP contribution in [0.1, 0.15) is 27.9 Å². The molecule has 1 rings (SSSR count). The average molecular weight is 265 g/mol. The summed E-state index contributed by atoms with van der Waals surface area (Å²) in [4.78, 5) is 10.6. The van der Waals surface area contributed by atoms with Crippen LogP contribution in [0.15, 0.2) is 16.6 Å². The largest absolute Gasteiger partial charge is 0.478 e. The molecule has 1 aromatic rings. The molecular formula is C9H7BrF2O2. The van der Waals surface area contributed by atoms with Crippen molar-refractivity contribution in [3.05, 3.63) is 33.3 Å². The predicted molar refractivity (Wildman–Crippen MR) is 50.8 cm³/mol. The Morgan fingerprint density at radius 1 is 1.50 bits per heavy atom. The van der Waals surface area contributed by atoms with E-state index in [1.54, 1.807) is 0 Å². The second-order valence-corrected chi connectivity index (χ2v) is 3.59. The van der Waals surface area contributed by atoms with Gasteiger partial charge in [-0.1, -0.05) is 15.9 Å². The molecule has 0 bridgehead atoms. The maximum absolute atomic E-state index is 12.5. The Labute approximate surface area is 87.7 Å². The summed E-state index contributed by atoms with van der Waals surface area (Å²) < 4.78 is 25.2. The van der Waals surface area contributed by atoms with Crippen LogP contribution >= 0.6 is 15.9 Å². The third-order valence-electron chi connectivity index (χ3n) is 1.91. The second kappa shape index (κ2) is 4.04. The van der Waals surface area contributed by atoms with Crippen LogP contribution in [0.5, 0.6) is 0 Å². The Morgan fingerprint density at radius 3 is 2.50 bits per heavy atom. The first kappa shape index (κ1) is 11.1. The van der Waals surface area contributed by atoms with Gasteiger partial charge in [-0.15, -0.1) is 0 Å². The monoisotopic (exact) mass is 264 g/mol. The third kappa shape index (κ3) is 1.92. The quantitative estimate of drug-likeness (QED) is 0.889. The Bertz CT molecular complexity index is 377. The Morgan fingerprint density at radius 2 is 2.07 bits per heavy atom. The summed E-state index contributed by atoms with van der Waals surface area (Å²) in [7, 11) is 0.